The monoisotopic (exact) mass is 205 g/mol. The van der Waals surface area contributed by atoms with Crippen molar-refractivity contribution in [2.75, 3.05) is 0 Å². The van der Waals surface area contributed by atoms with Crippen molar-refractivity contribution in [3.05, 3.63) is 12.2 Å². The maximum atomic E-state index is 5.31. The van der Waals surface area contributed by atoms with Crippen LogP contribution in [0, 0.1) is 23.8 Å². The predicted octanol–water partition coefficient (Wildman–Crippen LogP) is 3.33. The molecule has 0 aromatic rings. The normalized spacial score (nSPS) is 32.4. The van der Waals surface area contributed by atoms with E-state index in [0.717, 1.165) is 12.8 Å². The number of terminal acetylenes is 1. The Balaban J connectivity index is 2.63. The molecular weight excluding hydrogens is 182 g/mol. The van der Waals surface area contributed by atoms with Gasteiger partial charge in [-0.1, -0.05) is 39.3 Å². The molecule has 1 fully saturated rings. The zero-order valence-electron chi connectivity index (χ0n) is 10.3. The minimum Gasteiger partial charge on any atom is -0.343 e. The Morgan fingerprint density at radius 3 is 2.80 bits per heavy atom. The highest BCUT2D eigenvalue weighted by atomic mass is 14.9. The Hall–Kier alpha value is -0.900. The summed E-state index contributed by atoms with van der Waals surface area (Å²) in [5, 5.41) is 3.12. The van der Waals surface area contributed by atoms with Gasteiger partial charge in [0.25, 0.3) is 0 Å². The third-order valence-corrected chi connectivity index (χ3v) is 4.17. The van der Waals surface area contributed by atoms with Gasteiger partial charge in [-0.05, 0) is 37.0 Å². The molecule has 15 heavy (non-hydrogen) atoms. The fourth-order valence-corrected chi connectivity index (χ4v) is 2.63. The highest BCUT2D eigenvalue weighted by molar-refractivity contribution is 5.12. The first kappa shape index (κ1) is 12.2. The lowest BCUT2D eigenvalue weighted by Crippen LogP contribution is -2.33. The molecule has 1 aliphatic carbocycles. The average molecular weight is 205 g/mol. The molecule has 0 aliphatic heterocycles. The van der Waals surface area contributed by atoms with Crippen LogP contribution >= 0.6 is 0 Å². The van der Waals surface area contributed by atoms with Crippen LogP contribution in [-0.2, 0) is 0 Å². The molecule has 0 saturated heterocycles. The second-order valence-corrected chi connectivity index (χ2v) is 5.13. The molecule has 1 nitrogen and oxygen atoms in total. The van der Waals surface area contributed by atoms with Gasteiger partial charge in [0.15, 0.2) is 0 Å². The summed E-state index contributed by atoms with van der Waals surface area (Å²) in [7, 11) is 0. The quantitative estimate of drug-likeness (QED) is 0.422. The van der Waals surface area contributed by atoms with Gasteiger partial charge in [0, 0.05) is 12.1 Å². The first-order valence-electron chi connectivity index (χ1n) is 5.92. The van der Waals surface area contributed by atoms with E-state index >= 15 is 0 Å². The zero-order chi connectivity index (χ0) is 11.5. The van der Waals surface area contributed by atoms with Crippen LogP contribution in [0.25, 0.3) is 0 Å². The molecule has 0 spiro atoms. The highest BCUT2D eigenvalue weighted by Gasteiger charge is 2.39. The molecule has 1 N–H and O–H groups in total. The first-order chi connectivity index (χ1) is 7.03. The van der Waals surface area contributed by atoms with Gasteiger partial charge in [-0.2, -0.15) is 0 Å². The number of rotatable bonds is 4. The summed E-state index contributed by atoms with van der Waals surface area (Å²) in [5.74, 6) is 0.631. The van der Waals surface area contributed by atoms with Crippen LogP contribution < -0.4 is 5.32 Å². The molecule has 0 bridgehead atoms. The molecule has 1 saturated carbocycles. The third-order valence-electron chi connectivity index (χ3n) is 4.17. The molecule has 0 aromatic carbocycles. The predicted molar refractivity (Wildman–Crippen MR) is 66.3 cm³/mol. The number of nitrogens with one attached hydrogen (secondary N) is 1. The van der Waals surface area contributed by atoms with Gasteiger partial charge in [0.2, 0.25) is 0 Å². The fourth-order valence-electron chi connectivity index (χ4n) is 2.63. The van der Waals surface area contributed by atoms with Crippen molar-refractivity contribution in [2.45, 2.75) is 52.5 Å². The van der Waals surface area contributed by atoms with E-state index in [-0.39, 0.29) is 0 Å². The van der Waals surface area contributed by atoms with Crippen LogP contribution in [0.3, 0.4) is 0 Å². The molecule has 0 heterocycles. The van der Waals surface area contributed by atoms with Crippen LogP contribution in [0.1, 0.15) is 46.5 Å². The van der Waals surface area contributed by atoms with Crippen LogP contribution in [-0.4, -0.2) is 6.04 Å². The molecule has 84 valence electrons. The zero-order valence-corrected chi connectivity index (χ0v) is 10.3. The van der Waals surface area contributed by atoms with E-state index in [0.29, 0.717) is 17.4 Å². The summed E-state index contributed by atoms with van der Waals surface area (Å²) in [6, 6.07) is 3.02. The summed E-state index contributed by atoms with van der Waals surface area (Å²) in [4.78, 5) is 0. The molecule has 1 rings (SSSR count). The fraction of sp³-hybridized carbons (Fsp3) is 0.714. The minimum absolute atomic E-state index is 0.390. The molecule has 1 aliphatic rings. The van der Waals surface area contributed by atoms with Crippen molar-refractivity contribution in [1.82, 2.24) is 5.32 Å². The molecular formula is C14H23N. The Bertz CT molecular complexity index is 274. The Morgan fingerprint density at radius 1 is 1.73 bits per heavy atom. The lowest BCUT2D eigenvalue weighted by Gasteiger charge is -2.33. The van der Waals surface area contributed by atoms with E-state index in [2.05, 4.69) is 38.7 Å². The standard InChI is InChI=1S/C14H23N/c1-6-13(15-7-2)10-14(5)9-8-11(3)12(14)4/h2,12-13,15H,3,6,8-10H2,1,4-5H3. The smallest absolute Gasteiger partial charge is 0.0343 e. The average Bonchev–Trinajstić information content (AvgIpc) is 2.46. The van der Waals surface area contributed by atoms with E-state index in [4.69, 9.17) is 6.42 Å². The summed E-state index contributed by atoms with van der Waals surface area (Å²) >= 11 is 0. The molecule has 0 amide bonds. The van der Waals surface area contributed by atoms with E-state index in [9.17, 15) is 0 Å². The van der Waals surface area contributed by atoms with Crippen LogP contribution in [0.15, 0.2) is 12.2 Å². The summed E-state index contributed by atoms with van der Waals surface area (Å²) in [5.41, 5.74) is 1.80. The lowest BCUT2D eigenvalue weighted by molar-refractivity contribution is 0.212. The molecule has 0 radical (unpaired) electrons. The molecule has 3 atom stereocenters. The van der Waals surface area contributed by atoms with Crippen LogP contribution in [0.5, 0.6) is 0 Å². The van der Waals surface area contributed by atoms with Gasteiger partial charge in [-0.3, -0.25) is 0 Å². The van der Waals surface area contributed by atoms with E-state index in [1.165, 1.54) is 18.4 Å². The van der Waals surface area contributed by atoms with Gasteiger partial charge >= 0.3 is 0 Å². The van der Waals surface area contributed by atoms with Crippen molar-refractivity contribution in [2.24, 2.45) is 11.3 Å². The maximum absolute atomic E-state index is 5.31. The Labute approximate surface area is 94.3 Å². The first-order valence-corrected chi connectivity index (χ1v) is 5.92. The van der Waals surface area contributed by atoms with Crippen LogP contribution in [0.4, 0.5) is 0 Å². The van der Waals surface area contributed by atoms with Crippen molar-refractivity contribution in [3.8, 4) is 12.5 Å². The lowest BCUT2D eigenvalue weighted by atomic mass is 9.75. The largest absolute Gasteiger partial charge is 0.343 e. The topological polar surface area (TPSA) is 12.0 Å². The number of hydrogen-bond donors (Lipinski definition) is 1. The Kier molecular flexibility index (Phi) is 3.85. The Morgan fingerprint density at radius 2 is 2.40 bits per heavy atom. The summed E-state index contributed by atoms with van der Waals surface area (Å²) < 4.78 is 0. The third kappa shape index (κ3) is 2.56. The van der Waals surface area contributed by atoms with E-state index in [1.807, 2.05) is 0 Å². The second-order valence-electron chi connectivity index (χ2n) is 5.13. The van der Waals surface area contributed by atoms with Gasteiger partial charge in [-0.25, -0.2) is 0 Å². The van der Waals surface area contributed by atoms with Gasteiger partial charge < -0.3 is 5.32 Å². The van der Waals surface area contributed by atoms with E-state index < -0.39 is 0 Å². The van der Waals surface area contributed by atoms with Gasteiger partial charge in [0.05, 0.1) is 0 Å². The van der Waals surface area contributed by atoms with Crippen molar-refractivity contribution in [1.29, 1.82) is 0 Å². The number of hydrogen-bond acceptors (Lipinski definition) is 1. The van der Waals surface area contributed by atoms with Crippen molar-refractivity contribution >= 4 is 0 Å². The van der Waals surface area contributed by atoms with Crippen molar-refractivity contribution < 1.29 is 0 Å². The highest BCUT2D eigenvalue weighted by Crippen LogP contribution is 2.48. The second kappa shape index (κ2) is 4.75. The molecule has 0 aromatic heterocycles. The minimum atomic E-state index is 0.390. The van der Waals surface area contributed by atoms with Gasteiger partial charge in [-0.15, -0.1) is 0 Å². The van der Waals surface area contributed by atoms with Crippen LogP contribution in [0.2, 0.25) is 0 Å². The van der Waals surface area contributed by atoms with Gasteiger partial charge in [0.1, 0.15) is 0 Å². The van der Waals surface area contributed by atoms with E-state index in [1.54, 1.807) is 0 Å². The molecule has 1 heteroatoms. The summed E-state index contributed by atoms with van der Waals surface area (Å²) in [6.45, 7) is 11.0. The van der Waals surface area contributed by atoms with Crippen molar-refractivity contribution in [3.63, 3.8) is 0 Å². The maximum Gasteiger partial charge on any atom is 0.0343 e. The SMILES string of the molecule is C#CNC(CC)CC1(C)CCC(=C)C1C. The number of allylic oxidation sites excluding steroid dienone is 1. The summed E-state index contributed by atoms with van der Waals surface area (Å²) in [6.07, 6.45) is 10.0. The molecule has 3 unspecified atom stereocenters.